The van der Waals surface area contributed by atoms with Crippen LogP contribution in [0.4, 0.5) is 17.1 Å². The van der Waals surface area contributed by atoms with Crippen LogP contribution in [0.3, 0.4) is 0 Å². The van der Waals surface area contributed by atoms with Gasteiger partial charge in [0.05, 0.1) is 16.8 Å². The fourth-order valence-electron chi connectivity index (χ4n) is 8.74. The van der Waals surface area contributed by atoms with Gasteiger partial charge in [-0.3, -0.25) is 0 Å². The quantitative estimate of drug-likeness (QED) is 0.160. The highest BCUT2D eigenvalue weighted by atomic mass is 16.3. The molecule has 0 radical (unpaired) electrons. The summed E-state index contributed by atoms with van der Waals surface area (Å²) >= 11 is 0. The lowest BCUT2D eigenvalue weighted by atomic mass is 9.84. The number of para-hydroxylation sites is 1. The number of nitrogens with zero attached hydrogens (tertiary/aromatic N) is 1. The number of rotatable bonds is 6. The molecule has 11 rings (SSSR count). The van der Waals surface area contributed by atoms with Crippen molar-refractivity contribution in [3.63, 3.8) is 0 Å². The maximum absolute atomic E-state index is 6.39. The van der Waals surface area contributed by atoms with Crippen molar-refractivity contribution in [3.05, 3.63) is 212 Å². The number of hydrogen-bond acceptors (Lipinski definition) is 2. The zero-order valence-electron chi connectivity index (χ0n) is 30.6. The van der Waals surface area contributed by atoms with Gasteiger partial charge in [0.2, 0.25) is 0 Å². The summed E-state index contributed by atoms with van der Waals surface area (Å²) < 4.78 is 6.39. The van der Waals surface area contributed by atoms with E-state index >= 15 is 0 Å². The maximum Gasteiger partial charge on any atom is 0.137 e. The maximum atomic E-state index is 6.39. The molecule has 0 unspecified atom stereocenters. The van der Waals surface area contributed by atoms with Crippen molar-refractivity contribution >= 4 is 71.3 Å². The average molecular weight is 714 g/mol. The van der Waals surface area contributed by atoms with E-state index in [-0.39, 0.29) is 0 Å². The van der Waals surface area contributed by atoms with Crippen LogP contribution in [-0.4, -0.2) is 0 Å². The summed E-state index contributed by atoms with van der Waals surface area (Å²) in [5, 5.41) is 9.60. The third kappa shape index (κ3) is 5.19. The Hall–Kier alpha value is -7.42. The van der Waals surface area contributed by atoms with E-state index in [2.05, 4.69) is 211 Å². The zero-order valence-corrected chi connectivity index (χ0v) is 30.6. The SMILES string of the molecule is c1ccc(-c2c(-c3ccccc3)c3cc(-c4ccc(N(c5cccc6ccccc56)c5cccc6oc7ccccc7c56)cc4)ccc3c3ccccc23)cc1. The first-order chi connectivity index (χ1) is 27.8. The van der Waals surface area contributed by atoms with Gasteiger partial charge in [0.15, 0.2) is 0 Å². The lowest BCUT2D eigenvalue weighted by molar-refractivity contribution is 0.669. The molecule has 1 heterocycles. The summed E-state index contributed by atoms with van der Waals surface area (Å²) in [6.45, 7) is 0. The van der Waals surface area contributed by atoms with Gasteiger partial charge >= 0.3 is 0 Å². The molecule has 0 saturated heterocycles. The molecule has 1 aromatic heterocycles. The largest absolute Gasteiger partial charge is 0.456 e. The van der Waals surface area contributed by atoms with Gasteiger partial charge in [-0.2, -0.15) is 0 Å². The van der Waals surface area contributed by atoms with Crippen LogP contribution in [0.25, 0.3) is 87.6 Å². The van der Waals surface area contributed by atoms with E-state index in [1.165, 1.54) is 60.1 Å². The minimum absolute atomic E-state index is 0.873. The molecule has 10 aromatic carbocycles. The predicted octanol–water partition coefficient (Wildman–Crippen LogP) is 15.5. The molecule has 0 bridgehead atoms. The monoisotopic (exact) mass is 713 g/mol. The van der Waals surface area contributed by atoms with E-state index in [1.807, 2.05) is 6.07 Å². The third-order valence-electron chi connectivity index (χ3n) is 11.2. The number of anilines is 3. The van der Waals surface area contributed by atoms with Gasteiger partial charge in [-0.15, -0.1) is 0 Å². The Bertz CT molecular complexity index is 3230. The van der Waals surface area contributed by atoms with Crippen molar-refractivity contribution < 1.29 is 4.42 Å². The second-order valence-corrected chi connectivity index (χ2v) is 14.4. The predicted molar refractivity (Wildman–Crippen MR) is 237 cm³/mol. The van der Waals surface area contributed by atoms with Gasteiger partial charge in [-0.05, 0) is 103 Å². The Morgan fingerprint density at radius 1 is 0.304 bits per heavy atom. The Kier molecular flexibility index (Phi) is 7.53. The molecule has 0 amide bonds. The normalized spacial score (nSPS) is 11.6. The van der Waals surface area contributed by atoms with Crippen molar-refractivity contribution in [3.8, 4) is 33.4 Å². The summed E-state index contributed by atoms with van der Waals surface area (Å²) in [6, 6.07) is 76.5. The van der Waals surface area contributed by atoms with Crippen molar-refractivity contribution in [1.82, 2.24) is 0 Å². The first-order valence-electron chi connectivity index (χ1n) is 19.2. The van der Waals surface area contributed by atoms with E-state index in [0.29, 0.717) is 0 Å². The standard InChI is InChI=1S/C54H35NO/c1-3-16-38(17-4-1)52-45-23-10-9-22-43(45)44-34-31-40(35-47(44)53(52)39-18-5-2-6-19-39)36-29-32-41(33-30-36)55(48-25-13-20-37-15-7-8-21-42(37)48)49-26-14-28-51-54(49)46-24-11-12-27-50(46)56-51/h1-35H. The topological polar surface area (TPSA) is 16.4 Å². The van der Waals surface area contributed by atoms with Crippen LogP contribution in [-0.2, 0) is 0 Å². The minimum atomic E-state index is 0.873. The molecule has 0 aliphatic carbocycles. The summed E-state index contributed by atoms with van der Waals surface area (Å²) in [5.41, 5.74) is 12.3. The molecule has 0 spiro atoms. The van der Waals surface area contributed by atoms with Gasteiger partial charge in [-0.1, -0.05) is 170 Å². The van der Waals surface area contributed by atoms with Gasteiger partial charge in [0, 0.05) is 16.5 Å². The van der Waals surface area contributed by atoms with Crippen LogP contribution < -0.4 is 4.90 Å². The second kappa shape index (κ2) is 13.2. The Labute approximate surface area is 325 Å². The molecule has 2 nitrogen and oxygen atoms in total. The van der Waals surface area contributed by atoms with Crippen molar-refractivity contribution in [2.75, 3.05) is 4.90 Å². The highest BCUT2D eigenvalue weighted by Crippen LogP contribution is 2.47. The molecular formula is C54H35NO. The van der Waals surface area contributed by atoms with Crippen LogP contribution in [0, 0.1) is 0 Å². The summed E-state index contributed by atoms with van der Waals surface area (Å²) in [5.74, 6) is 0. The molecule has 0 fully saturated rings. The van der Waals surface area contributed by atoms with Crippen LogP contribution in [0.5, 0.6) is 0 Å². The fourth-order valence-corrected chi connectivity index (χ4v) is 8.74. The van der Waals surface area contributed by atoms with E-state index in [1.54, 1.807) is 0 Å². The number of furan rings is 1. The molecule has 56 heavy (non-hydrogen) atoms. The van der Waals surface area contributed by atoms with Crippen molar-refractivity contribution in [2.45, 2.75) is 0 Å². The highest BCUT2D eigenvalue weighted by molar-refractivity contribution is 6.22. The molecule has 0 aliphatic rings. The lowest BCUT2D eigenvalue weighted by Crippen LogP contribution is -2.10. The fraction of sp³-hybridized carbons (Fsp3) is 0. The number of fused-ring (bicyclic) bond motifs is 7. The molecular weight excluding hydrogens is 679 g/mol. The zero-order chi connectivity index (χ0) is 37.0. The second-order valence-electron chi connectivity index (χ2n) is 14.4. The van der Waals surface area contributed by atoms with E-state index < -0.39 is 0 Å². The number of benzene rings is 10. The Morgan fingerprint density at radius 3 is 1.61 bits per heavy atom. The van der Waals surface area contributed by atoms with E-state index in [0.717, 1.165) is 44.6 Å². The minimum Gasteiger partial charge on any atom is -0.456 e. The molecule has 0 N–H and O–H groups in total. The lowest BCUT2D eigenvalue weighted by Gasteiger charge is -2.27. The molecule has 2 heteroatoms. The van der Waals surface area contributed by atoms with Crippen LogP contribution in [0.2, 0.25) is 0 Å². The average Bonchev–Trinajstić information content (AvgIpc) is 3.66. The van der Waals surface area contributed by atoms with Gasteiger partial charge in [-0.25, -0.2) is 0 Å². The summed E-state index contributed by atoms with van der Waals surface area (Å²) in [7, 11) is 0. The van der Waals surface area contributed by atoms with Gasteiger partial charge in [0.25, 0.3) is 0 Å². The van der Waals surface area contributed by atoms with E-state index in [4.69, 9.17) is 4.42 Å². The first kappa shape index (κ1) is 32.0. The van der Waals surface area contributed by atoms with Crippen LogP contribution in [0.15, 0.2) is 217 Å². The highest BCUT2D eigenvalue weighted by Gasteiger charge is 2.22. The van der Waals surface area contributed by atoms with Crippen LogP contribution in [0.1, 0.15) is 0 Å². The molecule has 0 saturated carbocycles. The van der Waals surface area contributed by atoms with Gasteiger partial charge < -0.3 is 9.32 Å². The smallest absolute Gasteiger partial charge is 0.137 e. The Morgan fingerprint density at radius 2 is 0.839 bits per heavy atom. The van der Waals surface area contributed by atoms with Crippen molar-refractivity contribution in [2.24, 2.45) is 0 Å². The molecule has 0 aliphatic heterocycles. The van der Waals surface area contributed by atoms with E-state index in [9.17, 15) is 0 Å². The Balaban J connectivity index is 1.12. The third-order valence-corrected chi connectivity index (χ3v) is 11.2. The summed E-state index contributed by atoms with van der Waals surface area (Å²) in [6.07, 6.45) is 0. The van der Waals surface area contributed by atoms with Crippen LogP contribution >= 0.6 is 0 Å². The summed E-state index contributed by atoms with van der Waals surface area (Å²) in [4.78, 5) is 2.39. The van der Waals surface area contributed by atoms with Crippen molar-refractivity contribution in [1.29, 1.82) is 0 Å². The molecule has 0 atom stereocenters. The molecule has 11 aromatic rings. The molecule has 262 valence electrons. The first-order valence-corrected chi connectivity index (χ1v) is 19.2. The number of hydrogen-bond donors (Lipinski definition) is 0. The van der Waals surface area contributed by atoms with Gasteiger partial charge in [0.1, 0.15) is 11.2 Å².